The lowest BCUT2D eigenvalue weighted by molar-refractivity contribution is 0.402. The standard InChI is InChI=1S/C16H16BrF2NO/c1-3-20-16(10-6-11(17)8-13(19)7-10)14-9-12(18)4-5-15(14)21-2/h4-9,16,20H,3H2,1-2H3. The van der Waals surface area contributed by atoms with Crippen LogP contribution in [-0.2, 0) is 0 Å². The van der Waals surface area contributed by atoms with Gasteiger partial charge in [0.1, 0.15) is 17.4 Å². The van der Waals surface area contributed by atoms with Crippen molar-refractivity contribution in [1.29, 1.82) is 0 Å². The molecule has 21 heavy (non-hydrogen) atoms. The van der Waals surface area contributed by atoms with Crippen molar-refractivity contribution in [3.05, 3.63) is 63.6 Å². The monoisotopic (exact) mass is 355 g/mol. The smallest absolute Gasteiger partial charge is 0.124 e. The molecule has 0 spiro atoms. The minimum absolute atomic E-state index is 0.349. The second kappa shape index (κ2) is 7.00. The average Bonchev–Trinajstić information content (AvgIpc) is 2.43. The van der Waals surface area contributed by atoms with Gasteiger partial charge in [-0.1, -0.05) is 22.9 Å². The van der Waals surface area contributed by atoms with E-state index in [9.17, 15) is 8.78 Å². The fraction of sp³-hybridized carbons (Fsp3) is 0.250. The normalized spacial score (nSPS) is 12.2. The van der Waals surface area contributed by atoms with E-state index in [1.54, 1.807) is 12.1 Å². The van der Waals surface area contributed by atoms with Crippen LogP contribution in [0.3, 0.4) is 0 Å². The highest BCUT2D eigenvalue weighted by atomic mass is 79.9. The Morgan fingerprint density at radius 1 is 1.14 bits per heavy atom. The van der Waals surface area contributed by atoms with Crippen LogP contribution >= 0.6 is 15.9 Å². The fourth-order valence-electron chi connectivity index (χ4n) is 2.28. The van der Waals surface area contributed by atoms with Gasteiger partial charge in [0.25, 0.3) is 0 Å². The van der Waals surface area contributed by atoms with Crippen LogP contribution in [0.5, 0.6) is 5.75 Å². The molecule has 0 heterocycles. The molecule has 2 nitrogen and oxygen atoms in total. The number of hydrogen-bond donors (Lipinski definition) is 1. The Kier molecular flexibility index (Phi) is 5.31. The number of methoxy groups -OCH3 is 1. The Morgan fingerprint density at radius 3 is 2.52 bits per heavy atom. The van der Waals surface area contributed by atoms with Crippen molar-refractivity contribution in [3.63, 3.8) is 0 Å². The van der Waals surface area contributed by atoms with Crippen molar-refractivity contribution in [2.24, 2.45) is 0 Å². The number of hydrogen-bond acceptors (Lipinski definition) is 2. The number of ether oxygens (including phenoxy) is 1. The van der Waals surface area contributed by atoms with Gasteiger partial charge in [-0.25, -0.2) is 8.78 Å². The van der Waals surface area contributed by atoms with E-state index in [2.05, 4.69) is 21.2 Å². The third-order valence-corrected chi connectivity index (χ3v) is 3.59. The predicted octanol–water partition coefficient (Wildman–Crippen LogP) is 4.43. The molecule has 0 aromatic heterocycles. The molecule has 2 aromatic carbocycles. The summed E-state index contributed by atoms with van der Waals surface area (Å²) in [7, 11) is 1.53. The van der Waals surface area contributed by atoms with Crippen molar-refractivity contribution in [2.45, 2.75) is 13.0 Å². The quantitative estimate of drug-likeness (QED) is 0.856. The zero-order valence-electron chi connectivity index (χ0n) is 11.8. The largest absolute Gasteiger partial charge is 0.496 e. The average molecular weight is 356 g/mol. The van der Waals surface area contributed by atoms with Gasteiger partial charge < -0.3 is 10.1 Å². The summed E-state index contributed by atoms with van der Waals surface area (Å²) < 4.78 is 33.2. The molecule has 2 rings (SSSR count). The molecule has 5 heteroatoms. The molecular weight excluding hydrogens is 340 g/mol. The second-order valence-electron chi connectivity index (χ2n) is 4.58. The lowest BCUT2D eigenvalue weighted by atomic mass is 9.97. The van der Waals surface area contributed by atoms with Crippen molar-refractivity contribution >= 4 is 15.9 Å². The van der Waals surface area contributed by atoms with E-state index < -0.39 is 0 Å². The van der Waals surface area contributed by atoms with Crippen molar-refractivity contribution in [3.8, 4) is 5.75 Å². The Bertz CT molecular complexity index is 613. The van der Waals surface area contributed by atoms with E-state index in [1.165, 1.54) is 31.4 Å². The Hall–Kier alpha value is -1.46. The zero-order chi connectivity index (χ0) is 15.4. The van der Waals surface area contributed by atoms with Crippen LogP contribution in [0.25, 0.3) is 0 Å². The summed E-state index contributed by atoms with van der Waals surface area (Å²) in [5, 5.41) is 3.24. The Balaban J connectivity index is 2.55. The van der Waals surface area contributed by atoms with Crippen LogP contribution in [0.1, 0.15) is 24.1 Å². The van der Waals surface area contributed by atoms with E-state index in [0.29, 0.717) is 27.9 Å². The predicted molar refractivity (Wildman–Crippen MR) is 82.6 cm³/mol. The minimum Gasteiger partial charge on any atom is -0.496 e. The summed E-state index contributed by atoms with van der Waals surface area (Å²) in [6, 6.07) is 8.59. The van der Waals surface area contributed by atoms with Crippen LogP contribution in [0, 0.1) is 11.6 Å². The second-order valence-corrected chi connectivity index (χ2v) is 5.50. The van der Waals surface area contributed by atoms with E-state index in [0.717, 1.165) is 0 Å². The van der Waals surface area contributed by atoms with Crippen LogP contribution in [0.2, 0.25) is 0 Å². The van der Waals surface area contributed by atoms with Crippen LogP contribution in [0.15, 0.2) is 40.9 Å². The first kappa shape index (κ1) is 15.9. The third kappa shape index (κ3) is 3.80. The molecule has 0 aliphatic heterocycles. The van der Waals surface area contributed by atoms with E-state index in [4.69, 9.17) is 4.74 Å². The number of halogens is 3. The summed E-state index contributed by atoms with van der Waals surface area (Å²) in [4.78, 5) is 0. The number of benzene rings is 2. The van der Waals surface area contributed by atoms with Gasteiger partial charge in [0.2, 0.25) is 0 Å². The summed E-state index contributed by atoms with van der Waals surface area (Å²) in [5.74, 6) is -0.149. The molecule has 0 radical (unpaired) electrons. The van der Waals surface area contributed by atoms with Crippen LogP contribution < -0.4 is 10.1 Å². The van der Waals surface area contributed by atoms with E-state index in [-0.39, 0.29) is 17.7 Å². The Morgan fingerprint density at radius 2 is 1.90 bits per heavy atom. The van der Waals surface area contributed by atoms with Gasteiger partial charge in [-0.2, -0.15) is 0 Å². The minimum atomic E-state index is -0.357. The zero-order valence-corrected chi connectivity index (χ0v) is 13.4. The van der Waals surface area contributed by atoms with Crippen LogP contribution in [-0.4, -0.2) is 13.7 Å². The summed E-state index contributed by atoms with van der Waals surface area (Å²) in [6.45, 7) is 2.59. The van der Waals surface area contributed by atoms with E-state index >= 15 is 0 Å². The number of rotatable bonds is 5. The van der Waals surface area contributed by atoms with Gasteiger partial charge in [-0.05, 0) is 48.5 Å². The van der Waals surface area contributed by atoms with Crippen molar-refractivity contribution in [1.82, 2.24) is 5.32 Å². The topological polar surface area (TPSA) is 21.3 Å². The Labute approximate surface area is 131 Å². The highest BCUT2D eigenvalue weighted by molar-refractivity contribution is 9.10. The summed E-state index contributed by atoms with van der Waals surface area (Å²) in [6.07, 6.45) is 0. The van der Waals surface area contributed by atoms with Gasteiger partial charge in [0.05, 0.1) is 13.2 Å². The highest BCUT2D eigenvalue weighted by Crippen LogP contribution is 2.32. The maximum atomic E-state index is 13.6. The molecule has 1 unspecified atom stereocenters. The fourth-order valence-corrected chi connectivity index (χ4v) is 2.77. The molecule has 1 atom stereocenters. The first-order valence-electron chi connectivity index (χ1n) is 6.58. The van der Waals surface area contributed by atoms with Gasteiger partial charge in [-0.3, -0.25) is 0 Å². The molecule has 0 amide bonds. The summed E-state index contributed by atoms with van der Waals surface area (Å²) >= 11 is 3.28. The maximum absolute atomic E-state index is 13.6. The number of nitrogens with one attached hydrogen (secondary N) is 1. The molecule has 0 aliphatic carbocycles. The maximum Gasteiger partial charge on any atom is 0.124 e. The summed E-state index contributed by atoms with van der Waals surface area (Å²) in [5.41, 5.74) is 1.34. The van der Waals surface area contributed by atoms with Gasteiger partial charge in [-0.15, -0.1) is 0 Å². The van der Waals surface area contributed by atoms with Crippen LogP contribution in [0.4, 0.5) is 8.78 Å². The molecule has 2 aromatic rings. The molecular formula is C16H16BrF2NO. The van der Waals surface area contributed by atoms with Gasteiger partial charge >= 0.3 is 0 Å². The molecule has 112 valence electrons. The SMILES string of the molecule is CCNC(c1cc(F)cc(Br)c1)c1cc(F)ccc1OC. The highest BCUT2D eigenvalue weighted by Gasteiger charge is 2.19. The first-order valence-corrected chi connectivity index (χ1v) is 7.37. The molecule has 1 N–H and O–H groups in total. The van der Waals surface area contributed by atoms with Crippen molar-refractivity contribution < 1.29 is 13.5 Å². The van der Waals surface area contributed by atoms with Crippen molar-refractivity contribution in [2.75, 3.05) is 13.7 Å². The molecule has 0 aliphatic rings. The lowest BCUT2D eigenvalue weighted by Crippen LogP contribution is -2.23. The van der Waals surface area contributed by atoms with E-state index in [1.807, 2.05) is 6.92 Å². The third-order valence-electron chi connectivity index (χ3n) is 3.13. The van der Waals surface area contributed by atoms with Gasteiger partial charge in [0, 0.05) is 10.0 Å². The molecule has 0 saturated carbocycles. The molecule has 0 bridgehead atoms. The molecule has 0 saturated heterocycles. The first-order chi connectivity index (χ1) is 10.0. The molecule has 0 fully saturated rings. The van der Waals surface area contributed by atoms with Gasteiger partial charge in [0.15, 0.2) is 0 Å². The lowest BCUT2D eigenvalue weighted by Gasteiger charge is -2.21.